The summed E-state index contributed by atoms with van der Waals surface area (Å²) in [5.41, 5.74) is 1.66. The molecule has 2 N–H and O–H groups in total. The van der Waals surface area contributed by atoms with E-state index in [1.54, 1.807) is 6.07 Å². The second-order valence-corrected chi connectivity index (χ2v) is 5.45. The number of aryl methyl sites for hydroxylation is 1. The normalized spacial score (nSPS) is 18.6. The van der Waals surface area contributed by atoms with Gasteiger partial charge in [0.1, 0.15) is 0 Å². The molecule has 1 aromatic rings. The van der Waals surface area contributed by atoms with Gasteiger partial charge in [0.25, 0.3) is 5.91 Å². The molecule has 1 unspecified atom stereocenters. The summed E-state index contributed by atoms with van der Waals surface area (Å²) < 4.78 is 0.891. The van der Waals surface area contributed by atoms with Gasteiger partial charge in [0, 0.05) is 29.0 Å². The fourth-order valence-electron chi connectivity index (χ4n) is 2.02. The molecule has 1 aliphatic rings. The Bertz CT molecular complexity index is 468. The molecule has 96 valence electrons. The number of benzene rings is 1. The number of nitrogens with one attached hydrogen (secondary N) is 2. The molecule has 18 heavy (non-hydrogen) atoms. The van der Waals surface area contributed by atoms with E-state index in [-0.39, 0.29) is 17.9 Å². The Morgan fingerprint density at radius 2 is 2.28 bits per heavy atom. The lowest BCUT2D eigenvalue weighted by Crippen LogP contribution is -2.38. The first-order valence-corrected chi connectivity index (χ1v) is 6.68. The van der Waals surface area contributed by atoms with Crippen LogP contribution in [0.2, 0.25) is 0 Å². The third kappa shape index (κ3) is 3.32. The van der Waals surface area contributed by atoms with Crippen LogP contribution in [0.15, 0.2) is 22.7 Å². The van der Waals surface area contributed by atoms with Crippen LogP contribution in [0, 0.1) is 6.92 Å². The summed E-state index contributed by atoms with van der Waals surface area (Å²) in [7, 11) is 0. The van der Waals surface area contributed by atoms with E-state index in [0.29, 0.717) is 18.5 Å². The molecule has 0 aromatic heterocycles. The van der Waals surface area contributed by atoms with E-state index in [1.165, 1.54) is 0 Å². The molecule has 0 bridgehead atoms. The lowest BCUT2D eigenvalue weighted by Gasteiger charge is -2.11. The monoisotopic (exact) mass is 310 g/mol. The lowest BCUT2D eigenvalue weighted by molar-refractivity contribution is -0.119. The number of carbonyl (C=O) groups excluding carboxylic acids is 2. The van der Waals surface area contributed by atoms with Crippen LogP contribution in [0.4, 0.5) is 0 Å². The molecule has 1 saturated heterocycles. The molecule has 1 aromatic carbocycles. The van der Waals surface area contributed by atoms with Crippen molar-refractivity contribution in [1.82, 2.24) is 10.6 Å². The number of hydrogen-bond acceptors (Lipinski definition) is 2. The Morgan fingerprint density at radius 1 is 1.50 bits per heavy atom. The van der Waals surface area contributed by atoms with Crippen molar-refractivity contribution < 1.29 is 9.59 Å². The maximum atomic E-state index is 11.9. The van der Waals surface area contributed by atoms with Crippen molar-refractivity contribution in [3.8, 4) is 0 Å². The molecule has 4 nitrogen and oxygen atoms in total. The number of rotatable bonds is 3. The highest BCUT2D eigenvalue weighted by Crippen LogP contribution is 2.15. The van der Waals surface area contributed by atoms with Gasteiger partial charge in [-0.25, -0.2) is 0 Å². The minimum absolute atomic E-state index is 0.0625. The lowest BCUT2D eigenvalue weighted by atomic mass is 10.1. The summed E-state index contributed by atoms with van der Waals surface area (Å²) in [4.78, 5) is 23.0. The summed E-state index contributed by atoms with van der Waals surface area (Å²) in [6.07, 6.45) is 1.34. The average molecular weight is 311 g/mol. The predicted molar refractivity (Wildman–Crippen MR) is 72.4 cm³/mol. The second-order valence-electron chi connectivity index (χ2n) is 4.53. The number of carbonyl (C=O) groups is 2. The average Bonchev–Trinajstić information content (AvgIpc) is 2.70. The third-order valence-corrected chi connectivity index (χ3v) is 3.36. The van der Waals surface area contributed by atoms with Crippen molar-refractivity contribution in [1.29, 1.82) is 0 Å². The molecule has 0 saturated carbocycles. The van der Waals surface area contributed by atoms with Crippen LogP contribution in [0.3, 0.4) is 0 Å². The van der Waals surface area contributed by atoms with Gasteiger partial charge in [-0.05, 0) is 37.1 Å². The number of halogens is 1. The molecule has 0 spiro atoms. The van der Waals surface area contributed by atoms with E-state index in [9.17, 15) is 9.59 Å². The van der Waals surface area contributed by atoms with Gasteiger partial charge in [-0.2, -0.15) is 0 Å². The van der Waals surface area contributed by atoms with Crippen LogP contribution in [-0.2, 0) is 4.79 Å². The Balaban J connectivity index is 1.93. The van der Waals surface area contributed by atoms with Crippen molar-refractivity contribution in [2.24, 2.45) is 0 Å². The van der Waals surface area contributed by atoms with Gasteiger partial charge in [-0.15, -0.1) is 0 Å². The Morgan fingerprint density at radius 3 is 2.89 bits per heavy atom. The summed E-state index contributed by atoms with van der Waals surface area (Å²) in [6.45, 7) is 2.43. The zero-order valence-corrected chi connectivity index (χ0v) is 11.7. The third-order valence-electron chi connectivity index (χ3n) is 2.90. The molecule has 1 fully saturated rings. The van der Waals surface area contributed by atoms with Crippen molar-refractivity contribution in [3.05, 3.63) is 33.8 Å². The predicted octanol–water partition coefficient (Wildman–Crippen LogP) is 1.77. The number of hydrogen-bond donors (Lipinski definition) is 2. The standard InChI is InChI=1S/C13H15BrN2O2/c1-8-4-9(6-10(14)5-8)13(18)15-7-11-2-3-12(17)16-11/h4-6,11H,2-3,7H2,1H3,(H,15,18)(H,16,17). The Kier molecular flexibility index (Phi) is 4.01. The summed E-state index contributed by atoms with van der Waals surface area (Å²) >= 11 is 3.37. The van der Waals surface area contributed by atoms with Crippen LogP contribution in [-0.4, -0.2) is 24.4 Å². The van der Waals surface area contributed by atoms with Crippen molar-refractivity contribution in [2.45, 2.75) is 25.8 Å². The topological polar surface area (TPSA) is 58.2 Å². The van der Waals surface area contributed by atoms with E-state index in [0.717, 1.165) is 16.5 Å². The van der Waals surface area contributed by atoms with Crippen molar-refractivity contribution in [2.75, 3.05) is 6.54 Å². The largest absolute Gasteiger partial charge is 0.352 e. The summed E-state index contributed by atoms with van der Waals surface area (Å²) in [5.74, 6) is -0.0481. The molecule has 0 radical (unpaired) electrons. The molecule has 2 rings (SSSR count). The van der Waals surface area contributed by atoms with Gasteiger partial charge in [-0.3, -0.25) is 9.59 Å². The molecule has 0 aliphatic carbocycles. The second kappa shape index (κ2) is 5.52. The Hall–Kier alpha value is -1.36. The number of amides is 2. The van der Waals surface area contributed by atoms with Gasteiger partial charge in [-0.1, -0.05) is 15.9 Å². The highest BCUT2D eigenvalue weighted by Gasteiger charge is 2.21. The van der Waals surface area contributed by atoms with Crippen LogP contribution in [0.25, 0.3) is 0 Å². The van der Waals surface area contributed by atoms with E-state index in [1.807, 2.05) is 19.1 Å². The highest BCUT2D eigenvalue weighted by molar-refractivity contribution is 9.10. The summed E-state index contributed by atoms with van der Waals surface area (Å²) in [6, 6.07) is 5.64. The van der Waals surface area contributed by atoms with Gasteiger partial charge in [0.15, 0.2) is 0 Å². The smallest absolute Gasteiger partial charge is 0.251 e. The van der Waals surface area contributed by atoms with Gasteiger partial charge in [0.05, 0.1) is 0 Å². The molecular weight excluding hydrogens is 296 g/mol. The minimum Gasteiger partial charge on any atom is -0.352 e. The van der Waals surface area contributed by atoms with Crippen LogP contribution < -0.4 is 10.6 Å². The van der Waals surface area contributed by atoms with Gasteiger partial charge < -0.3 is 10.6 Å². The fraction of sp³-hybridized carbons (Fsp3) is 0.385. The zero-order chi connectivity index (χ0) is 13.1. The van der Waals surface area contributed by atoms with E-state index < -0.39 is 0 Å². The quantitative estimate of drug-likeness (QED) is 0.894. The molecular formula is C13H15BrN2O2. The first kappa shape index (κ1) is 13.1. The van der Waals surface area contributed by atoms with Crippen molar-refractivity contribution in [3.63, 3.8) is 0 Å². The van der Waals surface area contributed by atoms with E-state index >= 15 is 0 Å². The molecule has 5 heteroatoms. The zero-order valence-electron chi connectivity index (χ0n) is 10.1. The summed E-state index contributed by atoms with van der Waals surface area (Å²) in [5, 5.41) is 5.66. The molecule has 1 heterocycles. The first-order chi connectivity index (χ1) is 8.54. The Labute approximate surface area is 114 Å². The van der Waals surface area contributed by atoms with Gasteiger partial charge >= 0.3 is 0 Å². The maximum absolute atomic E-state index is 11.9. The SMILES string of the molecule is Cc1cc(Br)cc(C(=O)NCC2CCC(=O)N2)c1. The van der Waals surface area contributed by atoms with Crippen LogP contribution in [0.1, 0.15) is 28.8 Å². The molecule has 1 aliphatic heterocycles. The fourth-order valence-corrected chi connectivity index (χ4v) is 2.62. The van der Waals surface area contributed by atoms with Crippen LogP contribution in [0.5, 0.6) is 0 Å². The van der Waals surface area contributed by atoms with Crippen LogP contribution >= 0.6 is 15.9 Å². The molecule has 1 atom stereocenters. The highest BCUT2D eigenvalue weighted by atomic mass is 79.9. The minimum atomic E-state index is -0.111. The van der Waals surface area contributed by atoms with Gasteiger partial charge in [0.2, 0.25) is 5.91 Å². The maximum Gasteiger partial charge on any atom is 0.251 e. The van der Waals surface area contributed by atoms with Crippen molar-refractivity contribution >= 4 is 27.7 Å². The molecule has 2 amide bonds. The van der Waals surface area contributed by atoms with E-state index in [2.05, 4.69) is 26.6 Å². The first-order valence-electron chi connectivity index (χ1n) is 5.89. The van der Waals surface area contributed by atoms with E-state index in [4.69, 9.17) is 0 Å².